The second kappa shape index (κ2) is 6.26. The maximum absolute atomic E-state index is 11.2. The lowest BCUT2D eigenvalue weighted by Crippen LogP contribution is -2.59. The van der Waals surface area contributed by atoms with E-state index in [4.69, 9.17) is 9.15 Å². The molecule has 1 aliphatic heterocycles. The van der Waals surface area contributed by atoms with Gasteiger partial charge in [-0.15, -0.1) is 0 Å². The zero-order chi connectivity index (χ0) is 16.6. The average molecular weight is 323 g/mol. The Hall–Kier alpha value is -1.97. The first kappa shape index (κ1) is 15.9. The molecule has 1 fully saturated rings. The van der Waals surface area contributed by atoms with Crippen molar-refractivity contribution in [3.05, 3.63) is 40.8 Å². The van der Waals surface area contributed by atoms with Crippen LogP contribution in [0.25, 0.3) is 11.0 Å². The lowest BCUT2D eigenvalue weighted by molar-refractivity contribution is -0.278. The predicted octanol–water partition coefficient (Wildman–Crippen LogP) is -0.995. The highest BCUT2D eigenvalue weighted by molar-refractivity contribution is 5.80. The summed E-state index contributed by atoms with van der Waals surface area (Å²) in [6.07, 6.45) is -6.90. The van der Waals surface area contributed by atoms with Gasteiger partial charge in [0, 0.05) is 29.8 Å². The van der Waals surface area contributed by atoms with Crippen molar-refractivity contribution in [3.63, 3.8) is 0 Å². The van der Waals surface area contributed by atoms with Crippen LogP contribution in [-0.2, 0) is 4.74 Å². The molecule has 1 aromatic heterocycles. The summed E-state index contributed by atoms with van der Waals surface area (Å²) in [4.78, 5) is 11.2. The fraction of sp³-hybridized carbons (Fsp3) is 0.400. The zero-order valence-electron chi connectivity index (χ0n) is 12.0. The van der Waals surface area contributed by atoms with Crippen molar-refractivity contribution in [3.8, 4) is 0 Å². The Morgan fingerprint density at radius 3 is 2.52 bits per heavy atom. The molecule has 5 N–H and O–H groups in total. The smallest absolute Gasteiger partial charge is 0.336 e. The molecule has 23 heavy (non-hydrogen) atoms. The quantitative estimate of drug-likeness (QED) is 0.455. The molecule has 1 aliphatic rings. The molecule has 2 aromatic rings. The number of benzene rings is 1. The first-order valence-corrected chi connectivity index (χ1v) is 7.11. The Balaban J connectivity index is 1.71. The number of ether oxygens (including phenoxy) is 1. The van der Waals surface area contributed by atoms with Crippen molar-refractivity contribution in [2.24, 2.45) is 0 Å². The number of hydrogen-bond acceptors (Lipinski definition) is 8. The van der Waals surface area contributed by atoms with Gasteiger partial charge < -0.3 is 34.9 Å². The summed E-state index contributed by atoms with van der Waals surface area (Å²) < 4.78 is 10.1. The highest BCUT2D eigenvalue weighted by Crippen LogP contribution is 2.22. The number of aliphatic hydroxyl groups is 4. The van der Waals surface area contributed by atoms with Crippen molar-refractivity contribution in [2.45, 2.75) is 30.7 Å². The number of nitrogens with one attached hydrogen (secondary N) is 1. The molecule has 0 radical (unpaired) electrons. The first-order chi connectivity index (χ1) is 11.0. The van der Waals surface area contributed by atoms with Gasteiger partial charge in [-0.25, -0.2) is 4.79 Å². The Bertz CT molecular complexity index is 746. The molecule has 0 bridgehead atoms. The maximum atomic E-state index is 11.2. The highest BCUT2D eigenvalue weighted by atomic mass is 16.6. The summed E-state index contributed by atoms with van der Waals surface area (Å²) >= 11 is 0. The van der Waals surface area contributed by atoms with E-state index >= 15 is 0 Å². The highest BCUT2D eigenvalue weighted by Gasteiger charge is 2.42. The lowest BCUT2D eigenvalue weighted by Gasteiger charge is -2.38. The summed E-state index contributed by atoms with van der Waals surface area (Å²) in [5.41, 5.74) is 0.557. The van der Waals surface area contributed by atoms with Crippen LogP contribution in [0, 0.1) is 0 Å². The monoisotopic (exact) mass is 323 g/mol. The number of hydrogen-bond donors (Lipinski definition) is 5. The molecular weight excluding hydrogens is 306 g/mol. The van der Waals surface area contributed by atoms with Gasteiger partial charge in [-0.2, -0.15) is 0 Å². The van der Waals surface area contributed by atoms with Gasteiger partial charge in [-0.05, 0) is 18.2 Å². The van der Waals surface area contributed by atoms with Gasteiger partial charge in [0.1, 0.15) is 30.0 Å². The molecule has 2 unspecified atom stereocenters. The summed E-state index contributed by atoms with van der Waals surface area (Å²) in [5, 5.41) is 42.1. The molecule has 1 aromatic carbocycles. The fourth-order valence-corrected chi connectivity index (χ4v) is 2.49. The summed E-state index contributed by atoms with van der Waals surface area (Å²) in [6, 6.07) is 8.10. The van der Waals surface area contributed by atoms with E-state index in [9.17, 15) is 25.2 Å². The molecule has 8 heteroatoms. The average Bonchev–Trinajstić information content (AvgIpc) is 2.54. The van der Waals surface area contributed by atoms with E-state index in [-0.39, 0.29) is 6.54 Å². The van der Waals surface area contributed by atoms with Gasteiger partial charge in [-0.3, -0.25) is 0 Å². The van der Waals surface area contributed by atoms with Crippen LogP contribution in [0.4, 0.5) is 5.69 Å². The van der Waals surface area contributed by atoms with E-state index in [2.05, 4.69) is 5.32 Å². The third-order valence-corrected chi connectivity index (χ3v) is 3.82. The minimum Gasteiger partial charge on any atom is -0.423 e. The molecule has 5 atom stereocenters. The number of rotatable bonds is 3. The van der Waals surface area contributed by atoms with Crippen LogP contribution in [0.2, 0.25) is 0 Å². The molecule has 0 saturated carbocycles. The number of anilines is 1. The topological polar surface area (TPSA) is 132 Å². The van der Waals surface area contributed by atoms with Gasteiger partial charge in [0.05, 0.1) is 0 Å². The Kier molecular flexibility index (Phi) is 4.33. The second-order valence-electron chi connectivity index (χ2n) is 5.42. The Morgan fingerprint density at radius 1 is 1.00 bits per heavy atom. The molecule has 0 spiro atoms. The van der Waals surface area contributed by atoms with Crippen LogP contribution in [0.5, 0.6) is 0 Å². The van der Waals surface area contributed by atoms with E-state index in [1.807, 2.05) is 0 Å². The van der Waals surface area contributed by atoms with Crippen molar-refractivity contribution < 1.29 is 29.6 Å². The Morgan fingerprint density at radius 2 is 1.74 bits per heavy atom. The third kappa shape index (κ3) is 3.21. The lowest BCUT2D eigenvalue weighted by atomic mass is 9.99. The normalized spacial score (nSPS) is 31.2. The van der Waals surface area contributed by atoms with Crippen LogP contribution in [0.15, 0.2) is 39.5 Å². The first-order valence-electron chi connectivity index (χ1n) is 7.11. The largest absolute Gasteiger partial charge is 0.423 e. The Labute approximate surface area is 130 Å². The molecule has 1 saturated heterocycles. The fourth-order valence-electron chi connectivity index (χ4n) is 2.49. The van der Waals surface area contributed by atoms with Crippen LogP contribution in [0.1, 0.15) is 0 Å². The van der Waals surface area contributed by atoms with Crippen LogP contribution in [-0.4, -0.2) is 57.7 Å². The molecule has 124 valence electrons. The van der Waals surface area contributed by atoms with Crippen molar-refractivity contribution >= 4 is 16.7 Å². The summed E-state index contributed by atoms with van der Waals surface area (Å²) in [5.74, 6) is 0. The van der Waals surface area contributed by atoms with Crippen molar-refractivity contribution in [1.29, 1.82) is 0 Å². The second-order valence-corrected chi connectivity index (χ2v) is 5.42. The molecule has 0 aliphatic carbocycles. The molecule has 3 rings (SSSR count). The van der Waals surface area contributed by atoms with Gasteiger partial charge >= 0.3 is 5.63 Å². The predicted molar refractivity (Wildman–Crippen MR) is 79.9 cm³/mol. The van der Waals surface area contributed by atoms with Crippen molar-refractivity contribution in [2.75, 3.05) is 11.9 Å². The van der Waals surface area contributed by atoms with Gasteiger partial charge in [-0.1, -0.05) is 0 Å². The van der Waals surface area contributed by atoms with Crippen molar-refractivity contribution in [1.82, 2.24) is 0 Å². The van der Waals surface area contributed by atoms with E-state index in [1.165, 1.54) is 6.07 Å². The van der Waals surface area contributed by atoms with E-state index in [1.54, 1.807) is 24.3 Å². The zero-order valence-corrected chi connectivity index (χ0v) is 12.0. The van der Waals surface area contributed by atoms with E-state index in [0.717, 1.165) is 5.39 Å². The SMILES string of the molecule is O=c1ccc2ccc(NCC3O[C@@H](O)C(O)[C@@H](O)[C@H]3O)cc2o1. The standard InChI is InChI=1S/C15H17NO7/c17-11-4-2-7-1-3-8(5-9(7)22-11)16-6-10-12(18)13(19)14(20)15(21)23-10/h1-5,10,12-16,18-21H,6H2/t10?,12-,13-,14?,15+/m0/s1. The minimum absolute atomic E-state index is 0.0740. The minimum atomic E-state index is -1.57. The summed E-state index contributed by atoms with van der Waals surface area (Å²) in [6.45, 7) is 0.0740. The third-order valence-electron chi connectivity index (χ3n) is 3.82. The molecular formula is C15H17NO7. The van der Waals surface area contributed by atoms with Gasteiger partial charge in [0.15, 0.2) is 6.29 Å². The van der Waals surface area contributed by atoms with Crippen LogP contribution < -0.4 is 10.9 Å². The molecule has 8 nitrogen and oxygen atoms in total. The van der Waals surface area contributed by atoms with Gasteiger partial charge in [0.2, 0.25) is 0 Å². The molecule has 0 amide bonds. The number of fused-ring (bicyclic) bond motifs is 1. The van der Waals surface area contributed by atoms with E-state index < -0.39 is 36.3 Å². The molecule has 2 heterocycles. The summed E-state index contributed by atoms with van der Waals surface area (Å²) in [7, 11) is 0. The van der Waals surface area contributed by atoms with Crippen LogP contribution >= 0.6 is 0 Å². The van der Waals surface area contributed by atoms with Crippen LogP contribution in [0.3, 0.4) is 0 Å². The maximum Gasteiger partial charge on any atom is 0.336 e. The van der Waals surface area contributed by atoms with E-state index in [0.29, 0.717) is 11.3 Å². The van der Waals surface area contributed by atoms with Gasteiger partial charge in [0.25, 0.3) is 0 Å². The number of aliphatic hydroxyl groups excluding tert-OH is 4.